The van der Waals surface area contributed by atoms with E-state index >= 15 is 0 Å². The van der Waals surface area contributed by atoms with Gasteiger partial charge in [0.25, 0.3) is 0 Å². The molecule has 1 unspecified atom stereocenters. The van der Waals surface area contributed by atoms with Crippen molar-refractivity contribution in [3.63, 3.8) is 0 Å². The molecule has 1 aromatic rings. The third-order valence-corrected chi connectivity index (χ3v) is 2.28. The molecule has 1 aromatic carbocycles. The summed E-state index contributed by atoms with van der Waals surface area (Å²) >= 11 is 0. The van der Waals surface area contributed by atoms with Gasteiger partial charge in [0.15, 0.2) is 0 Å². The first-order chi connectivity index (χ1) is 6.15. The molecule has 0 radical (unpaired) electrons. The number of anilines is 1. The highest BCUT2D eigenvalue weighted by molar-refractivity contribution is 5.48. The summed E-state index contributed by atoms with van der Waals surface area (Å²) in [6.45, 7) is 4.93. The van der Waals surface area contributed by atoms with Gasteiger partial charge in [-0.05, 0) is 24.1 Å². The molecule has 0 amide bonds. The summed E-state index contributed by atoms with van der Waals surface area (Å²) in [6.07, 6.45) is 0. The molecule has 14 heavy (non-hydrogen) atoms. The van der Waals surface area contributed by atoms with Gasteiger partial charge in [-0.3, -0.25) is 0 Å². The monoisotopic (exact) mass is 196 g/mol. The molecule has 0 spiro atoms. The first-order valence-corrected chi connectivity index (χ1v) is 4.50. The van der Waals surface area contributed by atoms with E-state index in [2.05, 4.69) is 19.1 Å². The largest absolute Gasteiger partial charge is 0.399 e. The van der Waals surface area contributed by atoms with Crippen LogP contribution in [0.5, 0.6) is 0 Å². The van der Waals surface area contributed by atoms with Crippen molar-refractivity contribution in [1.29, 1.82) is 0 Å². The molecule has 0 aliphatic heterocycles. The molecule has 0 fully saturated rings. The normalized spacial score (nSPS) is 11.9. The Morgan fingerprint density at radius 1 is 1.43 bits per heavy atom. The molecule has 3 heteroatoms. The second-order valence-corrected chi connectivity index (χ2v) is 3.47. The molecule has 0 saturated carbocycles. The fraction of sp³-hybridized carbons (Fsp3) is 0.455. The van der Waals surface area contributed by atoms with Crippen molar-refractivity contribution < 1.29 is 4.74 Å². The van der Waals surface area contributed by atoms with Gasteiger partial charge in [-0.1, -0.05) is 19.1 Å². The van der Waals surface area contributed by atoms with Crippen molar-refractivity contribution in [2.75, 3.05) is 19.5 Å². The van der Waals surface area contributed by atoms with E-state index in [-0.39, 0.29) is 6.15 Å². The maximum atomic E-state index is 5.73. The van der Waals surface area contributed by atoms with Crippen molar-refractivity contribution >= 4 is 5.69 Å². The number of nitrogen functional groups attached to an aromatic ring is 1. The molecule has 0 bridgehead atoms. The first-order valence-electron chi connectivity index (χ1n) is 4.50. The third-order valence-electron chi connectivity index (χ3n) is 2.28. The lowest BCUT2D eigenvalue weighted by Gasteiger charge is -2.12. The van der Waals surface area contributed by atoms with E-state index in [0.29, 0.717) is 5.92 Å². The Balaban J connectivity index is 0.00000169. The predicted octanol–water partition coefficient (Wildman–Crippen LogP) is 2.49. The van der Waals surface area contributed by atoms with Crippen LogP contribution in [0.15, 0.2) is 18.2 Å². The average Bonchev–Trinajstić information content (AvgIpc) is 2.10. The topological polar surface area (TPSA) is 70.2 Å². The van der Waals surface area contributed by atoms with Crippen LogP contribution in [0.2, 0.25) is 0 Å². The quantitative estimate of drug-likeness (QED) is 0.730. The van der Waals surface area contributed by atoms with Crippen LogP contribution in [0.4, 0.5) is 5.69 Å². The van der Waals surface area contributed by atoms with Crippen molar-refractivity contribution in [3.05, 3.63) is 29.3 Å². The lowest BCUT2D eigenvalue weighted by atomic mass is 9.99. The minimum atomic E-state index is 0. The van der Waals surface area contributed by atoms with Crippen LogP contribution in [0.3, 0.4) is 0 Å². The standard InChI is InChI=1S/C11H17NO.H3N/c1-8-6-10(4-5-11(8)12)9(2)7-13-3;/h4-6,9H,7,12H2,1-3H3;1H3. The van der Waals surface area contributed by atoms with E-state index in [1.165, 1.54) is 5.56 Å². The molecule has 0 heterocycles. The van der Waals surface area contributed by atoms with E-state index < -0.39 is 0 Å². The van der Waals surface area contributed by atoms with E-state index in [4.69, 9.17) is 10.5 Å². The molecule has 0 aliphatic rings. The predicted molar refractivity (Wildman–Crippen MR) is 60.9 cm³/mol. The fourth-order valence-corrected chi connectivity index (χ4v) is 1.35. The van der Waals surface area contributed by atoms with Crippen LogP contribution >= 0.6 is 0 Å². The van der Waals surface area contributed by atoms with E-state index in [0.717, 1.165) is 17.9 Å². The van der Waals surface area contributed by atoms with Crippen LogP contribution in [0.1, 0.15) is 24.0 Å². The number of hydrogen-bond donors (Lipinski definition) is 2. The van der Waals surface area contributed by atoms with Crippen LogP contribution in [0, 0.1) is 6.92 Å². The van der Waals surface area contributed by atoms with Gasteiger partial charge in [0.05, 0.1) is 6.61 Å². The summed E-state index contributed by atoms with van der Waals surface area (Å²) < 4.78 is 5.10. The molecule has 0 aromatic heterocycles. The minimum Gasteiger partial charge on any atom is -0.399 e. The van der Waals surface area contributed by atoms with Gasteiger partial charge in [-0.25, -0.2) is 0 Å². The number of benzene rings is 1. The fourth-order valence-electron chi connectivity index (χ4n) is 1.35. The smallest absolute Gasteiger partial charge is 0.0528 e. The number of methoxy groups -OCH3 is 1. The van der Waals surface area contributed by atoms with Crippen molar-refractivity contribution in [2.24, 2.45) is 0 Å². The van der Waals surface area contributed by atoms with Gasteiger partial charge in [0.1, 0.15) is 0 Å². The summed E-state index contributed by atoms with van der Waals surface area (Å²) in [5.74, 6) is 0.435. The van der Waals surface area contributed by atoms with Crippen LogP contribution in [-0.2, 0) is 4.74 Å². The number of hydrogen-bond acceptors (Lipinski definition) is 3. The number of aryl methyl sites for hydroxylation is 1. The zero-order valence-corrected chi connectivity index (χ0v) is 9.21. The minimum absolute atomic E-state index is 0. The van der Waals surface area contributed by atoms with Crippen molar-refractivity contribution in [1.82, 2.24) is 6.15 Å². The summed E-state index contributed by atoms with van der Waals surface area (Å²) in [6, 6.07) is 6.14. The van der Waals surface area contributed by atoms with Gasteiger partial charge in [-0.15, -0.1) is 0 Å². The summed E-state index contributed by atoms with van der Waals surface area (Å²) in [5.41, 5.74) is 9.01. The van der Waals surface area contributed by atoms with E-state index in [9.17, 15) is 0 Å². The second kappa shape index (κ2) is 5.62. The van der Waals surface area contributed by atoms with Crippen molar-refractivity contribution in [3.8, 4) is 0 Å². The summed E-state index contributed by atoms with van der Waals surface area (Å²) in [7, 11) is 1.72. The van der Waals surface area contributed by atoms with Gasteiger partial charge >= 0.3 is 0 Å². The maximum Gasteiger partial charge on any atom is 0.0528 e. The number of ether oxygens (including phenoxy) is 1. The first kappa shape index (κ1) is 12.9. The molecule has 1 atom stereocenters. The molecule has 1 rings (SSSR count). The Morgan fingerprint density at radius 3 is 2.57 bits per heavy atom. The highest BCUT2D eigenvalue weighted by atomic mass is 16.5. The lowest BCUT2D eigenvalue weighted by Crippen LogP contribution is -2.02. The van der Waals surface area contributed by atoms with Crippen LogP contribution in [0.25, 0.3) is 0 Å². The number of rotatable bonds is 3. The zero-order valence-electron chi connectivity index (χ0n) is 9.21. The van der Waals surface area contributed by atoms with E-state index in [1.54, 1.807) is 7.11 Å². The Labute approximate surface area is 85.8 Å². The Kier molecular flexibility index (Phi) is 5.20. The van der Waals surface area contributed by atoms with Gasteiger partial charge < -0.3 is 16.6 Å². The Bertz CT molecular complexity index is 287. The second-order valence-electron chi connectivity index (χ2n) is 3.47. The zero-order chi connectivity index (χ0) is 9.84. The molecule has 80 valence electrons. The molecule has 3 nitrogen and oxygen atoms in total. The van der Waals surface area contributed by atoms with Gasteiger partial charge in [0, 0.05) is 18.7 Å². The lowest BCUT2D eigenvalue weighted by molar-refractivity contribution is 0.184. The molecular formula is C11H20N2O. The third kappa shape index (κ3) is 3.01. The Hall–Kier alpha value is -1.06. The highest BCUT2D eigenvalue weighted by Crippen LogP contribution is 2.20. The molecule has 0 aliphatic carbocycles. The summed E-state index contributed by atoms with van der Waals surface area (Å²) in [4.78, 5) is 0. The average molecular weight is 196 g/mol. The summed E-state index contributed by atoms with van der Waals surface area (Å²) in [5, 5.41) is 0. The highest BCUT2D eigenvalue weighted by Gasteiger charge is 2.05. The van der Waals surface area contributed by atoms with Crippen molar-refractivity contribution in [2.45, 2.75) is 19.8 Å². The van der Waals surface area contributed by atoms with Crippen LogP contribution < -0.4 is 11.9 Å². The molecule has 5 N–H and O–H groups in total. The maximum absolute atomic E-state index is 5.73. The molecule has 0 saturated heterocycles. The SMILES string of the molecule is COCC(C)c1ccc(N)c(C)c1.N. The van der Waals surface area contributed by atoms with Gasteiger partial charge in [-0.2, -0.15) is 0 Å². The van der Waals surface area contributed by atoms with E-state index in [1.807, 2.05) is 13.0 Å². The molecular weight excluding hydrogens is 176 g/mol. The van der Waals surface area contributed by atoms with Gasteiger partial charge in [0.2, 0.25) is 0 Å². The Morgan fingerprint density at radius 2 is 2.07 bits per heavy atom. The number of nitrogens with two attached hydrogens (primary N) is 1. The van der Waals surface area contributed by atoms with Crippen LogP contribution in [-0.4, -0.2) is 13.7 Å².